The molecule has 0 bridgehead atoms. The monoisotopic (exact) mass is 266 g/mol. The average molecular weight is 266 g/mol. The van der Waals surface area contributed by atoms with Crippen LogP contribution in [0.3, 0.4) is 0 Å². The highest BCUT2D eigenvalue weighted by Crippen LogP contribution is 2.22. The Morgan fingerprint density at radius 1 is 1.21 bits per heavy atom. The number of anilines is 2. The molecule has 0 saturated carbocycles. The van der Waals surface area contributed by atoms with Crippen LogP contribution in [-0.2, 0) is 5.41 Å². The molecule has 5 heteroatoms. The lowest BCUT2D eigenvalue weighted by atomic mass is 9.96. The third-order valence-corrected chi connectivity index (χ3v) is 2.91. The number of nitrogens with zero attached hydrogens (tertiary/aromatic N) is 2. The van der Waals surface area contributed by atoms with E-state index in [1.807, 2.05) is 27.0 Å². The molecule has 0 aliphatic heterocycles. The Morgan fingerprint density at radius 3 is 2.26 bits per heavy atom. The third kappa shape index (κ3) is 4.67. The van der Waals surface area contributed by atoms with Crippen LogP contribution in [0.15, 0.2) is 6.07 Å². The van der Waals surface area contributed by atoms with Crippen molar-refractivity contribution in [1.29, 1.82) is 0 Å². The summed E-state index contributed by atoms with van der Waals surface area (Å²) in [6.07, 6.45) is -0.383. The first-order valence-corrected chi connectivity index (χ1v) is 6.73. The van der Waals surface area contributed by atoms with Gasteiger partial charge in [-0.15, -0.1) is 0 Å². The summed E-state index contributed by atoms with van der Waals surface area (Å²) in [7, 11) is 1.83. The lowest BCUT2D eigenvalue weighted by Crippen LogP contribution is -2.26. The molecule has 0 aliphatic rings. The van der Waals surface area contributed by atoms with Crippen molar-refractivity contribution in [3.05, 3.63) is 11.9 Å². The van der Waals surface area contributed by atoms with E-state index in [9.17, 15) is 5.11 Å². The van der Waals surface area contributed by atoms with Crippen LogP contribution in [-0.4, -0.2) is 34.8 Å². The first-order chi connectivity index (χ1) is 8.74. The molecule has 1 aromatic heterocycles. The van der Waals surface area contributed by atoms with Gasteiger partial charge in [-0.1, -0.05) is 34.6 Å². The topological polar surface area (TPSA) is 70.1 Å². The second-order valence-corrected chi connectivity index (χ2v) is 6.15. The summed E-state index contributed by atoms with van der Waals surface area (Å²) in [5, 5.41) is 16.0. The van der Waals surface area contributed by atoms with Crippen LogP contribution >= 0.6 is 0 Å². The van der Waals surface area contributed by atoms with Crippen molar-refractivity contribution in [2.45, 2.75) is 46.1 Å². The molecule has 3 N–H and O–H groups in total. The first kappa shape index (κ1) is 15.7. The summed E-state index contributed by atoms with van der Waals surface area (Å²) in [5.74, 6) is 2.52. The van der Waals surface area contributed by atoms with Crippen molar-refractivity contribution in [1.82, 2.24) is 9.97 Å². The van der Waals surface area contributed by atoms with E-state index in [4.69, 9.17) is 0 Å². The predicted octanol–water partition coefficient (Wildman–Crippen LogP) is 2.24. The van der Waals surface area contributed by atoms with E-state index in [2.05, 4.69) is 41.4 Å². The molecular formula is C14H26N4O. The first-order valence-electron chi connectivity index (χ1n) is 6.73. The van der Waals surface area contributed by atoms with Gasteiger partial charge in [-0.25, -0.2) is 9.97 Å². The van der Waals surface area contributed by atoms with Gasteiger partial charge in [-0.05, 0) is 5.92 Å². The summed E-state index contributed by atoms with van der Waals surface area (Å²) in [5.41, 5.74) is -0.111. The van der Waals surface area contributed by atoms with Gasteiger partial charge < -0.3 is 15.7 Å². The van der Waals surface area contributed by atoms with E-state index in [0.717, 1.165) is 17.5 Å². The predicted molar refractivity (Wildman–Crippen MR) is 79.6 cm³/mol. The maximum Gasteiger partial charge on any atom is 0.138 e. The summed E-state index contributed by atoms with van der Waals surface area (Å²) < 4.78 is 0. The second-order valence-electron chi connectivity index (χ2n) is 6.15. The second kappa shape index (κ2) is 6.19. The van der Waals surface area contributed by atoms with Crippen molar-refractivity contribution in [2.24, 2.45) is 5.92 Å². The van der Waals surface area contributed by atoms with Crippen molar-refractivity contribution >= 4 is 11.6 Å². The molecule has 0 aromatic carbocycles. The van der Waals surface area contributed by atoms with Gasteiger partial charge in [0.15, 0.2) is 0 Å². The molecule has 1 heterocycles. The molecule has 19 heavy (non-hydrogen) atoms. The zero-order valence-corrected chi connectivity index (χ0v) is 12.8. The Bertz CT molecular complexity index is 412. The van der Waals surface area contributed by atoms with Crippen LogP contribution < -0.4 is 10.6 Å². The van der Waals surface area contributed by atoms with Crippen molar-refractivity contribution in [3.8, 4) is 0 Å². The molecule has 1 atom stereocenters. The number of aliphatic hydroxyl groups is 1. The van der Waals surface area contributed by atoms with Crippen LogP contribution in [0.2, 0.25) is 0 Å². The number of rotatable bonds is 5. The summed E-state index contributed by atoms with van der Waals surface area (Å²) >= 11 is 0. The Morgan fingerprint density at radius 2 is 1.79 bits per heavy atom. The van der Waals surface area contributed by atoms with Crippen LogP contribution in [0.25, 0.3) is 0 Å². The molecule has 1 rings (SSSR count). The van der Waals surface area contributed by atoms with Gasteiger partial charge >= 0.3 is 0 Å². The van der Waals surface area contributed by atoms with E-state index >= 15 is 0 Å². The number of hydrogen-bond donors (Lipinski definition) is 3. The molecular weight excluding hydrogens is 240 g/mol. The van der Waals surface area contributed by atoms with Crippen LogP contribution in [0.5, 0.6) is 0 Å². The minimum atomic E-state index is -0.383. The normalized spacial score (nSPS) is 13.5. The maximum atomic E-state index is 9.82. The lowest BCUT2D eigenvalue weighted by Gasteiger charge is -2.20. The highest BCUT2D eigenvalue weighted by molar-refractivity contribution is 5.47. The average Bonchev–Trinajstić information content (AvgIpc) is 2.34. The fourth-order valence-corrected chi connectivity index (χ4v) is 1.45. The zero-order valence-electron chi connectivity index (χ0n) is 12.8. The van der Waals surface area contributed by atoms with E-state index in [1.165, 1.54) is 0 Å². The summed E-state index contributed by atoms with van der Waals surface area (Å²) in [6.45, 7) is 10.7. The number of aromatic nitrogens is 2. The smallest absolute Gasteiger partial charge is 0.138 e. The molecule has 0 amide bonds. The Kier molecular flexibility index (Phi) is 5.11. The summed E-state index contributed by atoms with van der Waals surface area (Å²) in [6, 6.07) is 1.85. The Hall–Kier alpha value is -1.36. The Balaban J connectivity index is 2.89. The van der Waals surface area contributed by atoms with Gasteiger partial charge in [-0.3, -0.25) is 0 Å². The molecule has 1 unspecified atom stereocenters. The molecule has 0 fully saturated rings. The molecule has 5 nitrogen and oxygen atoms in total. The number of hydrogen-bond acceptors (Lipinski definition) is 5. The van der Waals surface area contributed by atoms with Gasteiger partial charge in [-0.2, -0.15) is 0 Å². The van der Waals surface area contributed by atoms with Gasteiger partial charge in [0.25, 0.3) is 0 Å². The van der Waals surface area contributed by atoms with E-state index in [0.29, 0.717) is 6.54 Å². The molecule has 108 valence electrons. The number of nitrogens with one attached hydrogen (secondary N) is 2. The van der Waals surface area contributed by atoms with Crippen molar-refractivity contribution in [2.75, 3.05) is 24.2 Å². The maximum absolute atomic E-state index is 9.82. The van der Waals surface area contributed by atoms with Gasteiger partial charge in [0, 0.05) is 25.1 Å². The molecule has 0 saturated heterocycles. The fourth-order valence-electron chi connectivity index (χ4n) is 1.45. The van der Waals surface area contributed by atoms with Crippen LogP contribution in [0.4, 0.5) is 11.6 Å². The van der Waals surface area contributed by atoms with Crippen molar-refractivity contribution < 1.29 is 5.11 Å². The van der Waals surface area contributed by atoms with Crippen LogP contribution in [0.1, 0.15) is 40.4 Å². The van der Waals surface area contributed by atoms with Crippen molar-refractivity contribution in [3.63, 3.8) is 0 Å². The Labute approximate surface area is 115 Å². The van der Waals surface area contributed by atoms with Crippen LogP contribution in [0, 0.1) is 5.92 Å². The van der Waals surface area contributed by atoms with Gasteiger partial charge in [0.1, 0.15) is 17.5 Å². The lowest BCUT2D eigenvalue weighted by molar-refractivity contribution is 0.138. The standard InChI is InChI=1S/C14H26N4O/c1-9(2)10(19)8-16-12-7-11(15-6)17-13(18-12)14(3,4)5/h7,9-10,19H,8H2,1-6H3,(H2,15,16,17,18). The fraction of sp³-hybridized carbons (Fsp3) is 0.714. The SMILES string of the molecule is CNc1cc(NCC(O)C(C)C)nc(C(C)(C)C)n1. The van der Waals surface area contributed by atoms with Gasteiger partial charge in [0.05, 0.1) is 6.10 Å². The van der Waals surface area contributed by atoms with E-state index < -0.39 is 0 Å². The summed E-state index contributed by atoms with van der Waals surface area (Å²) in [4.78, 5) is 8.97. The van der Waals surface area contributed by atoms with E-state index in [1.54, 1.807) is 0 Å². The third-order valence-electron chi connectivity index (χ3n) is 2.91. The largest absolute Gasteiger partial charge is 0.391 e. The number of aliphatic hydroxyl groups excluding tert-OH is 1. The molecule has 0 spiro atoms. The molecule has 1 aromatic rings. The van der Waals surface area contributed by atoms with Gasteiger partial charge in [0.2, 0.25) is 0 Å². The highest BCUT2D eigenvalue weighted by Gasteiger charge is 2.19. The minimum absolute atomic E-state index is 0.111. The zero-order chi connectivity index (χ0) is 14.6. The minimum Gasteiger partial charge on any atom is -0.391 e. The highest BCUT2D eigenvalue weighted by atomic mass is 16.3. The quantitative estimate of drug-likeness (QED) is 0.762. The molecule has 0 radical (unpaired) electrons. The molecule has 0 aliphatic carbocycles. The van der Waals surface area contributed by atoms with E-state index in [-0.39, 0.29) is 17.4 Å².